The maximum Gasteiger partial charge on any atom is 0.313 e. The van der Waals surface area contributed by atoms with Gasteiger partial charge in [0.05, 0.1) is 15.5 Å². The third kappa shape index (κ3) is 7.79. The molecule has 2 aromatic rings. The summed E-state index contributed by atoms with van der Waals surface area (Å²) in [6.45, 7) is 2.23. The molecule has 2 fully saturated rings. The van der Waals surface area contributed by atoms with E-state index in [1.807, 2.05) is 22.3 Å². The SMILES string of the molecule is CCC(F)F.CN1CCN(c2ccc(F)cc2)c2cc(SC3CC(F)(F)C3)c(OCC3(C(=O)O)CC(F)(F)C3)cc2S1. The molecule has 1 N–H and O–H groups in total. The van der Waals surface area contributed by atoms with E-state index in [1.54, 1.807) is 18.2 Å². The molecule has 5 rings (SSSR count). The second kappa shape index (κ2) is 12.7. The zero-order valence-corrected chi connectivity index (χ0v) is 24.5. The third-order valence-corrected chi connectivity index (χ3v) is 9.41. The van der Waals surface area contributed by atoms with E-state index < -0.39 is 49.1 Å². The van der Waals surface area contributed by atoms with Crippen molar-refractivity contribution in [2.24, 2.45) is 5.41 Å². The number of anilines is 2. The van der Waals surface area contributed by atoms with E-state index in [4.69, 9.17) is 4.74 Å². The molecule has 1 heterocycles. The van der Waals surface area contributed by atoms with Crippen LogP contribution in [0.3, 0.4) is 0 Å². The van der Waals surface area contributed by atoms with Gasteiger partial charge in [0.15, 0.2) is 0 Å². The molecule has 0 amide bonds. The standard InChI is InChI=1S/C25H25F5N2O3S2.C3H6F2/c1-31-6-7-32(16-4-2-15(26)3-5-16)18-8-21(36-17-10-24(27,28)11-17)19(9-20(18)37-31)35-14-23(22(33)34)12-25(29,30)13-23;1-2-3(4)5/h2-5,8-9,17H,6-7,10-14H2,1H3,(H,33,34);3H,2H2,1H3. The number of likely N-dealkylation sites (N-methyl/N-ethyl adjacent to an activating group) is 1. The van der Waals surface area contributed by atoms with Gasteiger partial charge in [-0.15, -0.1) is 11.8 Å². The van der Waals surface area contributed by atoms with Crippen LogP contribution in [0.4, 0.5) is 42.1 Å². The van der Waals surface area contributed by atoms with Crippen LogP contribution in [0, 0.1) is 11.2 Å². The van der Waals surface area contributed by atoms with Gasteiger partial charge in [0, 0.05) is 56.1 Å². The molecule has 0 spiro atoms. The van der Waals surface area contributed by atoms with Crippen LogP contribution in [-0.2, 0) is 4.79 Å². The Morgan fingerprint density at radius 1 is 1.10 bits per heavy atom. The number of fused-ring (bicyclic) bond motifs is 1. The number of ether oxygens (including phenoxy) is 1. The first-order valence-corrected chi connectivity index (χ1v) is 14.9. The number of carboxylic acid groups (broad SMARTS) is 1. The summed E-state index contributed by atoms with van der Waals surface area (Å²) in [5, 5.41) is 9.25. The van der Waals surface area contributed by atoms with Gasteiger partial charge in [-0.25, -0.2) is 35.0 Å². The molecular weight excluding hydrogens is 609 g/mol. The lowest BCUT2D eigenvalue weighted by Crippen LogP contribution is -2.54. The molecule has 0 atom stereocenters. The van der Waals surface area contributed by atoms with Crippen molar-refractivity contribution in [1.29, 1.82) is 0 Å². The van der Waals surface area contributed by atoms with Crippen molar-refractivity contribution in [3.8, 4) is 5.75 Å². The lowest BCUT2D eigenvalue weighted by atomic mass is 9.66. The van der Waals surface area contributed by atoms with Crippen LogP contribution < -0.4 is 9.64 Å². The molecule has 232 valence electrons. The highest BCUT2D eigenvalue weighted by molar-refractivity contribution is 8.00. The average molecular weight is 641 g/mol. The summed E-state index contributed by atoms with van der Waals surface area (Å²) in [5.74, 6) is -7.23. The van der Waals surface area contributed by atoms with Crippen molar-refractivity contribution in [3.63, 3.8) is 0 Å². The maximum absolute atomic E-state index is 13.6. The second-order valence-corrected chi connectivity index (χ2v) is 13.3. The molecule has 0 bridgehead atoms. The van der Waals surface area contributed by atoms with Gasteiger partial charge in [-0.3, -0.25) is 4.79 Å². The average Bonchev–Trinajstić information content (AvgIpc) is 3.03. The normalized spacial score (nSPS) is 20.9. The Balaban J connectivity index is 0.000000748. The van der Waals surface area contributed by atoms with Gasteiger partial charge in [0.1, 0.15) is 23.6 Å². The summed E-state index contributed by atoms with van der Waals surface area (Å²) in [5.41, 5.74) is -0.184. The van der Waals surface area contributed by atoms with E-state index in [0.717, 1.165) is 16.3 Å². The number of hydrogen-bond acceptors (Lipinski definition) is 6. The van der Waals surface area contributed by atoms with Crippen LogP contribution in [0.15, 0.2) is 46.2 Å². The lowest BCUT2D eigenvalue weighted by Gasteiger charge is -2.43. The first-order chi connectivity index (χ1) is 19.6. The molecule has 2 aromatic carbocycles. The molecule has 2 aliphatic carbocycles. The number of rotatable bonds is 8. The molecule has 42 heavy (non-hydrogen) atoms. The quantitative estimate of drug-likeness (QED) is 0.230. The summed E-state index contributed by atoms with van der Waals surface area (Å²) >= 11 is 2.64. The number of nitrogens with zero attached hydrogens (tertiary/aromatic N) is 2. The number of hydrogen-bond donors (Lipinski definition) is 1. The van der Waals surface area contributed by atoms with E-state index in [2.05, 4.69) is 0 Å². The highest BCUT2D eigenvalue weighted by Crippen LogP contribution is 2.54. The molecule has 2 saturated carbocycles. The molecular formula is C28H31F7N2O3S2. The zero-order chi connectivity index (χ0) is 30.9. The van der Waals surface area contributed by atoms with Crippen molar-refractivity contribution in [1.82, 2.24) is 4.31 Å². The minimum absolute atomic E-state index is 0.0278. The molecule has 3 aliphatic rings. The fourth-order valence-corrected chi connectivity index (χ4v) is 7.18. The minimum atomic E-state index is -3.06. The second-order valence-electron chi connectivity index (χ2n) is 10.7. The predicted molar refractivity (Wildman–Crippen MR) is 148 cm³/mol. The summed E-state index contributed by atoms with van der Waals surface area (Å²) in [7, 11) is 1.90. The van der Waals surface area contributed by atoms with E-state index in [9.17, 15) is 40.6 Å². The van der Waals surface area contributed by atoms with E-state index >= 15 is 0 Å². The van der Waals surface area contributed by atoms with Crippen molar-refractivity contribution >= 4 is 41.1 Å². The molecule has 0 radical (unpaired) electrons. The van der Waals surface area contributed by atoms with Crippen LogP contribution in [-0.4, -0.2) is 65.6 Å². The van der Waals surface area contributed by atoms with Crippen LogP contribution >= 0.6 is 23.7 Å². The van der Waals surface area contributed by atoms with Gasteiger partial charge >= 0.3 is 5.97 Å². The van der Waals surface area contributed by atoms with Crippen molar-refractivity contribution < 1.29 is 45.4 Å². The molecule has 5 nitrogen and oxygen atoms in total. The number of carboxylic acids is 1. The zero-order valence-electron chi connectivity index (χ0n) is 22.9. The molecule has 0 saturated heterocycles. The van der Waals surface area contributed by atoms with Crippen LogP contribution in [0.2, 0.25) is 0 Å². The highest BCUT2D eigenvalue weighted by Gasteiger charge is 2.62. The largest absolute Gasteiger partial charge is 0.491 e. The number of alkyl halides is 6. The Kier molecular flexibility index (Phi) is 9.88. The van der Waals surface area contributed by atoms with Crippen LogP contribution in [0.25, 0.3) is 0 Å². The van der Waals surface area contributed by atoms with Crippen LogP contribution in [0.5, 0.6) is 5.75 Å². The van der Waals surface area contributed by atoms with E-state index in [-0.39, 0.29) is 36.1 Å². The first kappa shape index (κ1) is 32.6. The molecule has 0 aromatic heterocycles. The minimum Gasteiger partial charge on any atom is -0.491 e. The van der Waals surface area contributed by atoms with Gasteiger partial charge in [-0.2, -0.15) is 0 Å². The first-order valence-electron chi connectivity index (χ1n) is 13.3. The van der Waals surface area contributed by atoms with Gasteiger partial charge < -0.3 is 14.7 Å². The Labute approximate surface area is 247 Å². The van der Waals surface area contributed by atoms with Crippen molar-refractivity contribution in [2.45, 2.75) is 72.3 Å². The van der Waals surface area contributed by atoms with Gasteiger partial charge in [-0.1, -0.05) is 6.92 Å². The topological polar surface area (TPSA) is 53.0 Å². The fraction of sp³-hybridized carbons (Fsp3) is 0.536. The number of benzene rings is 2. The summed E-state index contributed by atoms with van der Waals surface area (Å²) in [6.07, 6.45) is -4.35. The van der Waals surface area contributed by atoms with Gasteiger partial charge in [-0.05, 0) is 55.4 Å². The number of aliphatic carboxylic acids is 1. The number of carbonyl (C=O) groups is 1. The Hall–Kier alpha value is -2.32. The van der Waals surface area contributed by atoms with E-state index in [1.165, 1.54) is 42.8 Å². The fourth-order valence-electron chi connectivity index (χ4n) is 4.82. The summed E-state index contributed by atoms with van der Waals surface area (Å²) < 4.78 is 97.4. The molecule has 0 unspecified atom stereocenters. The van der Waals surface area contributed by atoms with Gasteiger partial charge in [0.2, 0.25) is 12.3 Å². The smallest absolute Gasteiger partial charge is 0.313 e. The van der Waals surface area contributed by atoms with Gasteiger partial charge in [0.25, 0.3) is 5.92 Å². The summed E-state index contributed by atoms with van der Waals surface area (Å²) in [4.78, 5) is 15.1. The summed E-state index contributed by atoms with van der Waals surface area (Å²) in [6, 6.07) is 9.56. The predicted octanol–water partition coefficient (Wildman–Crippen LogP) is 8.35. The van der Waals surface area contributed by atoms with Crippen molar-refractivity contribution in [3.05, 3.63) is 42.2 Å². The number of halogens is 7. The molecule has 1 aliphatic heterocycles. The number of thioether (sulfide) groups is 1. The van der Waals surface area contributed by atoms with Crippen LogP contribution in [0.1, 0.15) is 39.0 Å². The third-order valence-electron chi connectivity index (χ3n) is 7.15. The lowest BCUT2D eigenvalue weighted by molar-refractivity contribution is -0.199. The maximum atomic E-state index is 13.6. The monoisotopic (exact) mass is 640 g/mol. The Bertz CT molecular complexity index is 1250. The van der Waals surface area contributed by atoms with Crippen molar-refractivity contribution in [2.75, 3.05) is 31.6 Å². The van der Waals surface area contributed by atoms with E-state index in [0.29, 0.717) is 18.0 Å². The highest BCUT2D eigenvalue weighted by atomic mass is 32.2. The Morgan fingerprint density at radius 3 is 2.24 bits per heavy atom. The molecule has 14 heteroatoms. The Morgan fingerprint density at radius 2 is 1.71 bits per heavy atom.